The van der Waals surface area contributed by atoms with Gasteiger partial charge in [-0.25, -0.2) is 9.69 Å². The lowest BCUT2D eigenvalue weighted by Gasteiger charge is -2.23. The molecular formula is C18H20N4O3. The minimum atomic E-state index is -0.238. The van der Waals surface area contributed by atoms with Crippen molar-refractivity contribution in [1.29, 1.82) is 0 Å². The lowest BCUT2D eigenvalue weighted by atomic mass is 10.2. The van der Waals surface area contributed by atoms with Gasteiger partial charge in [-0.3, -0.25) is 9.59 Å². The van der Waals surface area contributed by atoms with E-state index in [-0.39, 0.29) is 30.4 Å². The lowest BCUT2D eigenvalue weighted by molar-refractivity contribution is -0.116. The monoisotopic (exact) mass is 340 g/mol. The van der Waals surface area contributed by atoms with Gasteiger partial charge in [-0.05, 0) is 37.1 Å². The highest BCUT2D eigenvalue weighted by atomic mass is 16.2. The zero-order chi connectivity index (χ0) is 17.6. The van der Waals surface area contributed by atoms with E-state index in [0.717, 1.165) is 36.6 Å². The van der Waals surface area contributed by atoms with Gasteiger partial charge < -0.3 is 15.2 Å². The van der Waals surface area contributed by atoms with E-state index in [4.69, 9.17) is 0 Å². The van der Waals surface area contributed by atoms with E-state index in [0.29, 0.717) is 11.4 Å². The second kappa shape index (κ2) is 5.91. The maximum absolute atomic E-state index is 12.8. The normalized spacial score (nSPS) is 18.6. The zero-order valence-electron chi connectivity index (χ0n) is 14.0. The van der Waals surface area contributed by atoms with E-state index in [1.165, 1.54) is 4.90 Å². The topological polar surface area (TPSA) is 85.5 Å². The highest BCUT2D eigenvalue weighted by Crippen LogP contribution is 2.31. The molecule has 130 valence electrons. The van der Waals surface area contributed by atoms with E-state index >= 15 is 0 Å². The summed E-state index contributed by atoms with van der Waals surface area (Å²) in [6, 6.07) is 6.95. The molecule has 0 radical (unpaired) electrons. The second-order valence-corrected chi connectivity index (χ2v) is 6.61. The quantitative estimate of drug-likeness (QED) is 0.840. The van der Waals surface area contributed by atoms with E-state index in [2.05, 4.69) is 10.3 Å². The molecule has 0 spiro atoms. The summed E-state index contributed by atoms with van der Waals surface area (Å²) in [5.41, 5.74) is 1.78. The van der Waals surface area contributed by atoms with Crippen LogP contribution < -0.4 is 10.2 Å². The number of urea groups is 1. The minimum Gasteiger partial charge on any atom is -0.354 e. The summed E-state index contributed by atoms with van der Waals surface area (Å²) in [6.07, 6.45) is 4.17. The number of rotatable bonds is 3. The van der Waals surface area contributed by atoms with Crippen molar-refractivity contribution in [2.45, 2.75) is 31.7 Å². The number of carbonyl (C=O) groups excluding carboxylic acids is 3. The van der Waals surface area contributed by atoms with Crippen LogP contribution in [0.3, 0.4) is 0 Å². The maximum atomic E-state index is 12.8. The lowest BCUT2D eigenvalue weighted by Crippen LogP contribution is -2.38. The van der Waals surface area contributed by atoms with Crippen LogP contribution in [-0.2, 0) is 4.79 Å². The number of aromatic nitrogens is 1. The Morgan fingerprint density at radius 3 is 2.68 bits per heavy atom. The number of H-pyrrole nitrogens is 1. The smallest absolute Gasteiger partial charge is 0.332 e. The van der Waals surface area contributed by atoms with Crippen molar-refractivity contribution >= 4 is 34.4 Å². The Balaban J connectivity index is 1.65. The van der Waals surface area contributed by atoms with E-state index in [1.807, 2.05) is 0 Å². The first-order valence-electron chi connectivity index (χ1n) is 8.57. The number of anilines is 1. The molecule has 1 aromatic carbocycles. The predicted octanol–water partition coefficient (Wildman–Crippen LogP) is 2.24. The van der Waals surface area contributed by atoms with E-state index in [9.17, 15) is 14.4 Å². The number of hydrogen-bond donors (Lipinski definition) is 2. The predicted molar refractivity (Wildman–Crippen MR) is 93.5 cm³/mol. The molecule has 7 heteroatoms. The highest BCUT2D eigenvalue weighted by Gasteiger charge is 2.41. The van der Waals surface area contributed by atoms with Crippen LogP contribution in [0, 0.1) is 0 Å². The summed E-state index contributed by atoms with van der Waals surface area (Å²) in [5.74, 6) is -0.406. The zero-order valence-corrected chi connectivity index (χ0v) is 14.0. The molecule has 1 aliphatic heterocycles. The SMILES string of the molecule is CNC(=O)c1cc2cc(N3C(=O)CN(C4CCCC4)C3=O)ccc2[nH]1. The van der Waals surface area contributed by atoms with Crippen molar-refractivity contribution in [2.75, 3.05) is 18.5 Å². The Morgan fingerprint density at radius 2 is 1.96 bits per heavy atom. The summed E-state index contributed by atoms with van der Waals surface area (Å²) in [5, 5.41) is 3.36. The Labute approximate surface area is 145 Å². The molecule has 25 heavy (non-hydrogen) atoms. The first-order chi connectivity index (χ1) is 12.1. The molecule has 2 N–H and O–H groups in total. The van der Waals surface area contributed by atoms with Crippen LogP contribution >= 0.6 is 0 Å². The largest absolute Gasteiger partial charge is 0.354 e. The van der Waals surface area contributed by atoms with Crippen LogP contribution in [0.4, 0.5) is 10.5 Å². The number of imide groups is 1. The molecule has 2 fully saturated rings. The minimum absolute atomic E-state index is 0.151. The first-order valence-corrected chi connectivity index (χ1v) is 8.57. The van der Waals surface area contributed by atoms with Crippen molar-refractivity contribution in [3.05, 3.63) is 30.0 Å². The third-order valence-corrected chi connectivity index (χ3v) is 5.09. The van der Waals surface area contributed by atoms with Crippen LogP contribution in [0.2, 0.25) is 0 Å². The van der Waals surface area contributed by atoms with Gasteiger partial charge in [0.2, 0.25) is 0 Å². The third kappa shape index (κ3) is 2.56. The highest BCUT2D eigenvalue weighted by molar-refractivity contribution is 6.20. The maximum Gasteiger partial charge on any atom is 0.332 e. The summed E-state index contributed by atoms with van der Waals surface area (Å²) in [6.45, 7) is 0.151. The number of amides is 4. The van der Waals surface area contributed by atoms with Crippen LogP contribution in [0.15, 0.2) is 24.3 Å². The summed E-state index contributed by atoms with van der Waals surface area (Å²) in [7, 11) is 1.57. The van der Waals surface area contributed by atoms with Crippen LogP contribution in [0.25, 0.3) is 10.9 Å². The van der Waals surface area contributed by atoms with Crippen LogP contribution in [0.5, 0.6) is 0 Å². The molecule has 2 aromatic rings. The molecule has 1 aromatic heterocycles. The number of fused-ring (bicyclic) bond motifs is 1. The van der Waals surface area contributed by atoms with Gasteiger partial charge in [0, 0.05) is 24.0 Å². The molecule has 2 aliphatic rings. The fourth-order valence-corrected chi connectivity index (χ4v) is 3.79. The summed E-state index contributed by atoms with van der Waals surface area (Å²) >= 11 is 0. The van der Waals surface area contributed by atoms with Crippen molar-refractivity contribution in [3.8, 4) is 0 Å². The van der Waals surface area contributed by atoms with Gasteiger partial charge in [0.15, 0.2) is 0 Å². The summed E-state index contributed by atoms with van der Waals surface area (Å²) < 4.78 is 0. The van der Waals surface area contributed by atoms with E-state index in [1.54, 1.807) is 36.2 Å². The molecule has 4 rings (SSSR count). The van der Waals surface area contributed by atoms with Gasteiger partial charge in [-0.15, -0.1) is 0 Å². The number of nitrogens with zero attached hydrogens (tertiary/aromatic N) is 2. The molecule has 7 nitrogen and oxygen atoms in total. The fraction of sp³-hybridized carbons (Fsp3) is 0.389. The molecule has 0 unspecified atom stereocenters. The van der Waals surface area contributed by atoms with E-state index < -0.39 is 0 Å². The van der Waals surface area contributed by atoms with Gasteiger partial charge in [-0.1, -0.05) is 12.8 Å². The van der Waals surface area contributed by atoms with Gasteiger partial charge in [0.1, 0.15) is 12.2 Å². The summed E-state index contributed by atoms with van der Waals surface area (Å²) in [4.78, 5) is 42.9. The molecule has 2 heterocycles. The first kappa shape index (κ1) is 15.7. The number of nitrogens with one attached hydrogen (secondary N) is 2. The Morgan fingerprint density at radius 1 is 1.20 bits per heavy atom. The standard InChI is InChI=1S/C18H20N4O3/c1-19-17(24)15-9-11-8-13(6-7-14(11)20-15)22-16(23)10-21(18(22)25)12-4-2-3-5-12/h6-9,12,20H,2-5,10H2,1H3,(H,19,24). The number of benzene rings is 1. The van der Waals surface area contributed by atoms with Gasteiger partial charge in [0.05, 0.1) is 5.69 Å². The molecular weight excluding hydrogens is 320 g/mol. The van der Waals surface area contributed by atoms with Gasteiger partial charge >= 0.3 is 6.03 Å². The third-order valence-electron chi connectivity index (χ3n) is 5.09. The Hall–Kier alpha value is -2.83. The molecule has 4 amide bonds. The van der Waals surface area contributed by atoms with Crippen molar-refractivity contribution in [3.63, 3.8) is 0 Å². The number of aromatic amines is 1. The number of hydrogen-bond acceptors (Lipinski definition) is 3. The molecule has 1 aliphatic carbocycles. The fourth-order valence-electron chi connectivity index (χ4n) is 3.79. The van der Waals surface area contributed by atoms with Crippen molar-refractivity contribution in [2.24, 2.45) is 0 Å². The average molecular weight is 340 g/mol. The number of carbonyl (C=O) groups is 3. The van der Waals surface area contributed by atoms with Crippen LogP contribution in [-0.4, -0.2) is 47.4 Å². The Bertz CT molecular complexity index is 866. The molecule has 1 saturated heterocycles. The van der Waals surface area contributed by atoms with Crippen LogP contribution in [0.1, 0.15) is 36.2 Å². The van der Waals surface area contributed by atoms with Gasteiger partial charge in [-0.2, -0.15) is 0 Å². The second-order valence-electron chi connectivity index (χ2n) is 6.61. The van der Waals surface area contributed by atoms with Crippen molar-refractivity contribution < 1.29 is 14.4 Å². The molecule has 1 saturated carbocycles. The Kier molecular flexibility index (Phi) is 3.71. The molecule has 0 bridgehead atoms. The van der Waals surface area contributed by atoms with Crippen molar-refractivity contribution in [1.82, 2.24) is 15.2 Å². The average Bonchev–Trinajstić information content (AvgIpc) is 3.32. The molecule has 0 atom stereocenters. The van der Waals surface area contributed by atoms with Gasteiger partial charge in [0.25, 0.3) is 11.8 Å².